The molecule has 3 heteroatoms. The SMILES string of the molecule is C1CCCC1.CC(C1CCCC1P(C1CCCCC1)C1CCCCC1)P(C(C)(C)C)C(C)(C)C.[Fe]. The topological polar surface area (TPSA) is 0 Å². The molecule has 0 bridgehead atoms. The molecular formula is C32H62FeP2. The third kappa shape index (κ3) is 9.51. The van der Waals surface area contributed by atoms with Crippen molar-refractivity contribution in [2.24, 2.45) is 5.92 Å². The maximum atomic E-state index is 2.71. The first-order valence-electron chi connectivity index (χ1n) is 15.7. The van der Waals surface area contributed by atoms with E-state index in [4.69, 9.17) is 0 Å². The van der Waals surface area contributed by atoms with Gasteiger partial charge < -0.3 is 0 Å². The molecule has 0 aromatic rings. The molecule has 208 valence electrons. The quantitative estimate of drug-likeness (QED) is 0.230. The van der Waals surface area contributed by atoms with E-state index in [1.807, 2.05) is 0 Å². The van der Waals surface area contributed by atoms with Gasteiger partial charge in [0, 0.05) is 17.1 Å². The minimum Gasteiger partial charge on any atom is -0.0968 e. The Balaban J connectivity index is 0.000000640. The van der Waals surface area contributed by atoms with Crippen molar-refractivity contribution in [3.05, 3.63) is 0 Å². The van der Waals surface area contributed by atoms with Crippen LogP contribution in [0.4, 0.5) is 0 Å². The molecule has 3 unspecified atom stereocenters. The molecule has 4 aliphatic carbocycles. The van der Waals surface area contributed by atoms with Crippen LogP contribution in [0.1, 0.15) is 164 Å². The Bertz CT molecular complexity index is 521. The molecule has 3 atom stereocenters. The van der Waals surface area contributed by atoms with Gasteiger partial charge in [-0.15, -0.1) is 0 Å². The van der Waals surface area contributed by atoms with E-state index >= 15 is 0 Å². The van der Waals surface area contributed by atoms with Crippen molar-refractivity contribution in [3.8, 4) is 0 Å². The largest absolute Gasteiger partial charge is 0.0968 e. The minimum atomic E-state index is 0. The molecule has 0 nitrogen and oxygen atoms in total. The molecule has 0 heterocycles. The van der Waals surface area contributed by atoms with Crippen LogP contribution in [0.5, 0.6) is 0 Å². The second kappa shape index (κ2) is 15.2. The third-order valence-corrected chi connectivity index (χ3v) is 17.8. The van der Waals surface area contributed by atoms with Gasteiger partial charge in [-0.2, -0.15) is 0 Å². The van der Waals surface area contributed by atoms with Crippen LogP contribution in [0.3, 0.4) is 0 Å². The van der Waals surface area contributed by atoms with Crippen molar-refractivity contribution in [2.75, 3.05) is 0 Å². The summed E-state index contributed by atoms with van der Waals surface area (Å²) in [5.41, 5.74) is 4.32. The van der Waals surface area contributed by atoms with E-state index < -0.39 is 0 Å². The molecule has 4 aliphatic rings. The Hall–Kier alpha value is 1.38. The summed E-state index contributed by atoms with van der Waals surface area (Å²) in [5.74, 6) is 1.04. The molecule has 0 radical (unpaired) electrons. The van der Waals surface area contributed by atoms with Crippen molar-refractivity contribution in [2.45, 2.75) is 197 Å². The first-order valence-corrected chi connectivity index (χ1v) is 18.6. The molecule has 0 aromatic carbocycles. The maximum absolute atomic E-state index is 2.71. The molecule has 35 heavy (non-hydrogen) atoms. The van der Waals surface area contributed by atoms with Gasteiger partial charge in [-0.3, -0.25) is 0 Å². The third-order valence-electron chi connectivity index (χ3n) is 9.63. The zero-order valence-electron chi connectivity index (χ0n) is 24.9. The van der Waals surface area contributed by atoms with Crippen LogP contribution in [0, 0.1) is 5.92 Å². The van der Waals surface area contributed by atoms with Crippen LogP contribution in [-0.4, -0.2) is 32.9 Å². The first-order chi connectivity index (χ1) is 16.1. The van der Waals surface area contributed by atoms with Gasteiger partial charge in [-0.1, -0.05) is 141 Å². The molecular weight excluding hydrogens is 502 g/mol. The van der Waals surface area contributed by atoms with Gasteiger partial charge in [-0.25, -0.2) is 0 Å². The van der Waals surface area contributed by atoms with Gasteiger partial charge in [0.05, 0.1) is 0 Å². The molecule has 0 saturated heterocycles. The van der Waals surface area contributed by atoms with Crippen molar-refractivity contribution >= 4 is 15.8 Å². The Morgan fingerprint density at radius 2 is 0.886 bits per heavy atom. The number of hydrogen-bond acceptors (Lipinski definition) is 0. The summed E-state index contributed by atoms with van der Waals surface area (Å²) in [6.45, 7) is 18.0. The standard InChI is InChI=1S/C27H52P2.C5H10.Fe/c1-21(29(26(2,3)4)27(5,6)7)24-19-14-20-25(24)28(22-15-10-8-11-16-22)23-17-12-9-13-18-23;1-2-4-5-3-1;/h21-25H,8-20H2,1-7H3;1-5H2;. The normalized spacial score (nSPS) is 28.0. The van der Waals surface area contributed by atoms with Crippen LogP contribution < -0.4 is 0 Å². The number of rotatable bonds is 5. The van der Waals surface area contributed by atoms with Gasteiger partial charge in [-0.05, 0) is 77.4 Å². The van der Waals surface area contributed by atoms with E-state index in [9.17, 15) is 0 Å². The maximum Gasteiger partial charge on any atom is 0 e. The molecule has 0 aromatic heterocycles. The average molecular weight is 565 g/mol. The smallest absolute Gasteiger partial charge is 0 e. The van der Waals surface area contributed by atoms with Crippen molar-refractivity contribution < 1.29 is 17.1 Å². The monoisotopic (exact) mass is 564 g/mol. The zero-order valence-corrected chi connectivity index (χ0v) is 27.8. The first kappa shape index (κ1) is 32.6. The van der Waals surface area contributed by atoms with E-state index in [2.05, 4.69) is 48.5 Å². The van der Waals surface area contributed by atoms with Crippen LogP contribution in [-0.2, 0) is 17.1 Å². The van der Waals surface area contributed by atoms with Gasteiger partial charge in [0.2, 0.25) is 0 Å². The zero-order chi connectivity index (χ0) is 24.8. The molecule has 4 rings (SSSR count). The van der Waals surface area contributed by atoms with Crippen LogP contribution in [0.15, 0.2) is 0 Å². The molecule has 0 aliphatic heterocycles. The predicted octanol–water partition coefficient (Wildman–Crippen LogP) is 11.7. The molecule has 0 spiro atoms. The fourth-order valence-electron chi connectivity index (χ4n) is 8.80. The summed E-state index contributed by atoms with van der Waals surface area (Å²) in [5, 5.41) is 0.942. The van der Waals surface area contributed by atoms with Crippen LogP contribution >= 0.6 is 15.8 Å². The van der Waals surface area contributed by atoms with E-state index in [1.54, 1.807) is 64.2 Å². The van der Waals surface area contributed by atoms with Crippen LogP contribution in [0.2, 0.25) is 0 Å². The summed E-state index contributed by atoms with van der Waals surface area (Å²) < 4.78 is 0. The Morgan fingerprint density at radius 1 is 0.514 bits per heavy atom. The van der Waals surface area contributed by atoms with Crippen molar-refractivity contribution in [3.63, 3.8) is 0 Å². The second-order valence-electron chi connectivity index (χ2n) is 14.4. The Morgan fingerprint density at radius 3 is 1.26 bits per heavy atom. The predicted molar refractivity (Wildman–Crippen MR) is 161 cm³/mol. The molecule has 4 fully saturated rings. The fourth-order valence-corrected chi connectivity index (χ4v) is 19.1. The van der Waals surface area contributed by atoms with Gasteiger partial charge in [0.25, 0.3) is 0 Å². The average Bonchev–Trinajstić information content (AvgIpc) is 3.49. The second-order valence-corrected chi connectivity index (χ2v) is 21.7. The molecule has 0 amide bonds. The molecule has 4 saturated carbocycles. The van der Waals surface area contributed by atoms with E-state index in [0.717, 1.165) is 28.6 Å². The molecule has 0 N–H and O–H groups in total. The summed E-state index contributed by atoms with van der Waals surface area (Å²) in [4.78, 5) is 0. The van der Waals surface area contributed by atoms with Gasteiger partial charge >= 0.3 is 0 Å². The Kier molecular flexibility index (Phi) is 14.2. The van der Waals surface area contributed by atoms with Gasteiger partial charge in [0.1, 0.15) is 0 Å². The van der Waals surface area contributed by atoms with E-state index in [-0.39, 0.29) is 32.9 Å². The summed E-state index contributed by atoms with van der Waals surface area (Å²) in [6.07, 6.45) is 27.7. The van der Waals surface area contributed by atoms with Gasteiger partial charge in [0.15, 0.2) is 0 Å². The van der Waals surface area contributed by atoms with E-state index in [1.165, 1.54) is 51.4 Å². The fraction of sp³-hybridized carbons (Fsp3) is 1.00. The summed E-state index contributed by atoms with van der Waals surface area (Å²) in [7, 11) is 0.253. The number of hydrogen-bond donors (Lipinski definition) is 0. The minimum absolute atomic E-state index is 0. The van der Waals surface area contributed by atoms with Crippen molar-refractivity contribution in [1.82, 2.24) is 0 Å². The van der Waals surface area contributed by atoms with Crippen molar-refractivity contribution in [1.29, 1.82) is 0 Å². The van der Waals surface area contributed by atoms with E-state index in [0.29, 0.717) is 10.3 Å². The summed E-state index contributed by atoms with van der Waals surface area (Å²) >= 11 is 0. The van der Waals surface area contributed by atoms with Crippen LogP contribution in [0.25, 0.3) is 0 Å². The Labute approximate surface area is 235 Å². The summed E-state index contributed by atoms with van der Waals surface area (Å²) in [6, 6.07) is 0.